The van der Waals surface area contributed by atoms with E-state index in [9.17, 15) is 5.11 Å². The first-order chi connectivity index (χ1) is 8.74. The Kier molecular flexibility index (Phi) is 3.27. The van der Waals surface area contributed by atoms with E-state index >= 15 is 0 Å². The topological polar surface area (TPSA) is 41.5 Å². The van der Waals surface area contributed by atoms with Gasteiger partial charge in [0.15, 0.2) is 0 Å². The summed E-state index contributed by atoms with van der Waals surface area (Å²) >= 11 is 0. The molecule has 3 rings (SSSR count). The highest BCUT2D eigenvalue weighted by Crippen LogP contribution is 2.32. The molecule has 1 aliphatic carbocycles. The Balaban J connectivity index is 1.59. The molecule has 0 bridgehead atoms. The van der Waals surface area contributed by atoms with Crippen LogP contribution >= 0.6 is 0 Å². The van der Waals surface area contributed by atoms with Crippen LogP contribution in [0.2, 0.25) is 0 Å². The molecule has 0 aromatic heterocycles. The Morgan fingerprint density at radius 3 is 3.06 bits per heavy atom. The first kappa shape index (κ1) is 12.0. The Morgan fingerprint density at radius 2 is 2.28 bits per heavy atom. The lowest BCUT2D eigenvalue weighted by molar-refractivity contribution is 0.145. The fourth-order valence-electron chi connectivity index (χ4n) is 2.54. The van der Waals surface area contributed by atoms with Crippen molar-refractivity contribution in [2.24, 2.45) is 5.92 Å². The molecule has 1 fully saturated rings. The maximum absolute atomic E-state index is 9.86. The van der Waals surface area contributed by atoms with E-state index in [-0.39, 0.29) is 12.1 Å². The van der Waals surface area contributed by atoms with Gasteiger partial charge in [0.25, 0.3) is 0 Å². The lowest BCUT2D eigenvalue weighted by Crippen LogP contribution is -2.30. The van der Waals surface area contributed by atoms with Crippen LogP contribution in [0.15, 0.2) is 18.2 Å². The third-order valence-corrected chi connectivity index (χ3v) is 4.01. The van der Waals surface area contributed by atoms with E-state index in [1.54, 1.807) is 0 Å². The van der Waals surface area contributed by atoms with Gasteiger partial charge in [0.05, 0.1) is 12.7 Å². The zero-order valence-electron chi connectivity index (χ0n) is 10.9. The lowest BCUT2D eigenvalue weighted by Gasteiger charge is -2.17. The first-order valence-electron chi connectivity index (χ1n) is 6.91. The van der Waals surface area contributed by atoms with Gasteiger partial charge in [-0.1, -0.05) is 12.1 Å². The van der Waals surface area contributed by atoms with Crippen LogP contribution in [-0.4, -0.2) is 24.4 Å². The van der Waals surface area contributed by atoms with E-state index in [1.807, 2.05) is 0 Å². The Hall–Kier alpha value is -1.06. The van der Waals surface area contributed by atoms with E-state index in [1.165, 1.54) is 24.0 Å². The molecule has 1 heterocycles. The number of aliphatic hydroxyl groups excluding tert-OH is 1. The van der Waals surface area contributed by atoms with Gasteiger partial charge in [-0.25, -0.2) is 0 Å². The van der Waals surface area contributed by atoms with E-state index in [4.69, 9.17) is 4.74 Å². The fraction of sp³-hybridized carbons (Fsp3) is 0.600. The van der Waals surface area contributed by atoms with Crippen LogP contribution in [-0.2, 0) is 6.42 Å². The lowest BCUT2D eigenvalue weighted by atomic mass is 10.0. The van der Waals surface area contributed by atoms with Crippen molar-refractivity contribution in [2.75, 3.05) is 13.2 Å². The van der Waals surface area contributed by atoms with Gasteiger partial charge in [0.2, 0.25) is 0 Å². The van der Waals surface area contributed by atoms with Gasteiger partial charge in [-0.15, -0.1) is 0 Å². The maximum Gasteiger partial charge on any atom is 0.122 e. The molecule has 2 aliphatic rings. The van der Waals surface area contributed by atoms with E-state index < -0.39 is 0 Å². The summed E-state index contributed by atoms with van der Waals surface area (Å²) in [6.07, 6.45) is 3.21. The van der Waals surface area contributed by atoms with Gasteiger partial charge in [-0.05, 0) is 42.9 Å². The highest BCUT2D eigenvalue weighted by atomic mass is 16.5. The molecule has 2 N–H and O–H groups in total. The number of rotatable bonds is 5. The minimum Gasteiger partial charge on any atom is -0.493 e. The predicted molar refractivity (Wildman–Crippen MR) is 70.8 cm³/mol. The quantitative estimate of drug-likeness (QED) is 0.836. The summed E-state index contributed by atoms with van der Waals surface area (Å²) in [5.74, 6) is 1.57. The molecule has 1 aliphatic heterocycles. The van der Waals surface area contributed by atoms with Crippen molar-refractivity contribution in [3.63, 3.8) is 0 Å². The fourth-order valence-corrected chi connectivity index (χ4v) is 2.54. The van der Waals surface area contributed by atoms with Crippen LogP contribution in [0, 0.1) is 5.92 Å². The summed E-state index contributed by atoms with van der Waals surface area (Å²) in [4.78, 5) is 0. The van der Waals surface area contributed by atoms with E-state index in [0.29, 0.717) is 12.5 Å². The smallest absolute Gasteiger partial charge is 0.122 e. The molecule has 98 valence electrons. The molecule has 3 heteroatoms. The number of fused-ring (bicyclic) bond motifs is 1. The standard InChI is InChI=1S/C15H21NO2/c1-10(16-9-14(17)11-2-3-11)12-4-5-15-13(8-12)6-7-18-15/h4-5,8,10-11,14,16-17H,2-3,6-7,9H2,1H3. The second-order valence-electron chi connectivity index (χ2n) is 5.50. The van der Waals surface area contributed by atoms with Crippen molar-refractivity contribution in [2.45, 2.75) is 38.3 Å². The van der Waals surface area contributed by atoms with Gasteiger partial charge in [-0.3, -0.25) is 0 Å². The summed E-state index contributed by atoms with van der Waals surface area (Å²) in [5, 5.41) is 13.3. The Bertz CT molecular complexity index is 429. The summed E-state index contributed by atoms with van der Waals surface area (Å²) in [6.45, 7) is 3.65. The number of nitrogens with one attached hydrogen (secondary N) is 1. The largest absolute Gasteiger partial charge is 0.493 e. The van der Waals surface area contributed by atoms with Gasteiger partial charge in [0.1, 0.15) is 5.75 Å². The summed E-state index contributed by atoms with van der Waals surface area (Å²) < 4.78 is 5.51. The summed E-state index contributed by atoms with van der Waals surface area (Å²) in [5.41, 5.74) is 2.59. The van der Waals surface area contributed by atoms with Gasteiger partial charge in [-0.2, -0.15) is 0 Å². The average Bonchev–Trinajstić information content (AvgIpc) is 3.13. The molecule has 1 aromatic carbocycles. The minimum absolute atomic E-state index is 0.176. The molecule has 0 saturated heterocycles. The van der Waals surface area contributed by atoms with Crippen LogP contribution in [0.1, 0.15) is 36.9 Å². The van der Waals surface area contributed by atoms with Gasteiger partial charge >= 0.3 is 0 Å². The molecule has 1 saturated carbocycles. The Labute approximate surface area is 108 Å². The zero-order valence-corrected chi connectivity index (χ0v) is 10.9. The van der Waals surface area contributed by atoms with Gasteiger partial charge < -0.3 is 15.2 Å². The van der Waals surface area contributed by atoms with Crippen LogP contribution < -0.4 is 10.1 Å². The van der Waals surface area contributed by atoms with Gasteiger partial charge in [0, 0.05) is 19.0 Å². The highest BCUT2D eigenvalue weighted by molar-refractivity contribution is 5.40. The predicted octanol–water partition coefficient (Wildman–Crippen LogP) is 2.04. The van der Waals surface area contributed by atoms with E-state index in [2.05, 4.69) is 30.4 Å². The van der Waals surface area contributed by atoms with Crippen molar-refractivity contribution in [3.05, 3.63) is 29.3 Å². The number of aliphatic hydroxyl groups is 1. The van der Waals surface area contributed by atoms with Crippen LogP contribution in [0.5, 0.6) is 5.75 Å². The SMILES string of the molecule is CC(NCC(O)C1CC1)c1ccc2c(c1)CCO2. The van der Waals surface area contributed by atoms with Crippen molar-refractivity contribution in [1.29, 1.82) is 0 Å². The molecule has 0 spiro atoms. The zero-order chi connectivity index (χ0) is 12.5. The third-order valence-electron chi connectivity index (χ3n) is 4.01. The number of hydrogen-bond donors (Lipinski definition) is 2. The summed E-state index contributed by atoms with van der Waals surface area (Å²) in [7, 11) is 0. The molecular weight excluding hydrogens is 226 g/mol. The monoisotopic (exact) mass is 247 g/mol. The molecule has 0 amide bonds. The molecule has 0 radical (unpaired) electrons. The number of hydrogen-bond acceptors (Lipinski definition) is 3. The van der Waals surface area contributed by atoms with Crippen LogP contribution in [0.3, 0.4) is 0 Å². The molecule has 2 atom stereocenters. The van der Waals surface area contributed by atoms with Crippen molar-refractivity contribution < 1.29 is 9.84 Å². The maximum atomic E-state index is 9.86. The molecule has 18 heavy (non-hydrogen) atoms. The second kappa shape index (κ2) is 4.90. The Morgan fingerprint density at radius 1 is 1.44 bits per heavy atom. The second-order valence-corrected chi connectivity index (χ2v) is 5.50. The van der Waals surface area contributed by atoms with Crippen LogP contribution in [0.25, 0.3) is 0 Å². The van der Waals surface area contributed by atoms with Crippen molar-refractivity contribution >= 4 is 0 Å². The molecule has 2 unspecified atom stereocenters. The molecular formula is C15H21NO2. The van der Waals surface area contributed by atoms with E-state index in [0.717, 1.165) is 18.8 Å². The number of benzene rings is 1. The third kappa shape index (κ3) is 2.52. The first-order valence-corrected chi connectivity index (χ1v) is 6.91. The van der Waals surface area contributed by atoms with Crippen molar-refractivity contribution in [1.82, 2.24) is 5.32 Å². The minimum atomic E-state index is -0.176. The normalized spacial score (nSPS) is 21.2. The van der Waals surface area contributed by atoms with Crippen molar-refractivity contribution in [3.8, 4) is 5.75 Å². The highest BCUT2D eigenvalue weighted by Gasteiger charge is 2.29. The molecule has 1 aromatic rings. The molecule has 3 nitrogen and oxygen atoms in total. The summed E-state index contributed by atoms with van der Waals surface area (Å²) in [6, 6.07) is 6.69. The average molecular weight is 247 g/mol. The van der Waals surface area contributed by atoms with Crippen LogP contribution in [0.4, 0.5) is 0 Å². The number of ether oxygens (including phenoxy) is 1.